The van der Waals surface area contributed by atoms with Crippen LogP contribution in [0.2, 0.25) is 0 Å². The molecule has 0 amide bonds. The lowest BCUT2D eigenvalue weighted by Gasteiger charge is -2.06. The first-order chi connectivity index (χ1) is 7.59. The quantitative estimate of drug-likeness (QED) is 0.646. The van der Waals surface area contributed by atoms with Crippen molar-refractivity contribution in [3.63, 3.8) is 0 Å². The maximum atomic E-state index is 12.9. The fourth-order valence-corrected chi connectivity index (χ4v) is 1.66. The van der Waals surface area contributed by atoms with Gasteiger partial charge >= 0.3 is 0 Å². The summed E-state index contributed by atoms with van der Waals surface area (Å²) in [6.45, 7) is 0.584. The monoisotopic (exact) mass is 305 g/mol. The van der Waals surface area contributed by atoms with Gasteiger partial charge in [0.25, 0.3) is 0 Å². The second kappa shape index (κ2) is 6.81. The van der Waals surface area contributed by atoms with E-state index in [2.05, 4.69) is 15.9 Å². The molecule has 2 N–H and O–H groups in total. The number of rotatable bonds is 6. The summed E-state index contributed by atoms with van der Waals surface area (Å²) in [5.41, 5.74) is 5.37. The molecular weight excluding hydrogens is 293 g/mol. The Kier molecular flexibility index (Phi) is 5.69. The highest BCUT2D eigenvalue weighted by Crippen LogP contribution is 2.21. The Morgan fingerprint density at radius 2 is 2.19 bits per heavy atom. The molecule has 1 rings (SSSR count). The molecule has 0 bridgehead atoms. The van der Waals surface area contributed by atoms with Crippen molar-refractivity contribution in [1.82, 2.24) is 0 Å². The van der Waals surface area contributed by atoms with E-state index < -0.39 is 0 Å². The van der Waals surface area contributed by atoms with Gasteiger partial charge in [-0.25, -0.2) is 4.39 Å². The van der Waals surface area contributed by atoms with E-state index in [9.17, 15) is 4.39 Å². The molecule has 16 heavy (non-hydrogen) atoms. The van der Waals surface area contributed by atoms with E-state index in [0.29, 0.717) is 21.8 Å². The van der Waals surface area contributed by atoms with Crippen LogP contribution in [0.15, 0.2) is 22.7 Å². The van der Waals surface area contributed by atoms with E-state index in [1.54, 1.807) is 12.1 Å². The second-order valence-corrected chi connectivity index (χ2v) is 4.73. The van der Waals surface area contributed by atoms with Crippen LogP contribution in [0.1, 0.15) is 19.3 Å². The van der Waals surface area contributed by atoms with Crippen LogP contribution in [0.4, 0.5) is 4.39 Å². The van der Waals surface area contributed by atoms with Crippen molar-refractivity contribution < 1.29 is 9.13 Å². The van der Waals surface area contributed by atoms with E-state index in [1.807, 2.05) is 0 Å². The molecule has 0 aliphatic carbocycles. The molecule has 0 aliphatic heterocycles. The zero-order valence-corrected chi connectivity index (χ0v) is 11.1. The number of hydrogen-bond donors (Lipinski definition) is 1. The average Bonchev–Trinajstić information content (AvgIpc) is 2.22. The third-order valence-electron chi connectivity index (χ3n) is 1.98. The molecule has 0 unspecified atom stereocenters. The van der Waals surface area contributed by atoms with E-state index in [1.165, 1.54) is 6.07 Å². The molecule has 0 saturated carbocycles. The van der Waals surface area contributed by atoms with Gasteiger partial charge in [0.2, 0.25) is 0 Å². The molecule has 1 aromatic carbocycles. The number of unbranched alkanes of at least 4 members (excludes halogenated alkanes) is 1. The number of thiocarbonyl (C=S) groups is 1. The number of hydrogen-bond acceptors (Lipinski definition) is 2. The van der Waals surface area contributed by atoms with Crippen LogP contribution in [-0.2, 0) is 0 Å². The van der Waals surface area contributed by atoms with Crippen molar-refractivity contribution in [2.45, 2.75) is 19.3 Å². The average molecular weight is 306 g/mol. The zero-order chi connectivity index (χ0) is 12.0. The van der Waals surface area contributed by atoms with E-state index in [0.717, 1.165) is 19.3 Å². The molecule has 0 radical (unpaired) electrons. The van der Waals surface area contributed by atoms with Crippen LogP contribution in [0.3, 0.4) is 0 Å². The second-order valence-electron chi connectivity index (χ2n) is 3.35. The Hall–Kier alpha value is -0.680. The highest BCUT2D eigenvalue weighted by molar-refractivity contribution is 9.10. The van der Waals surface area contributed by atoms with Gasteiger partial charge in [0.05, 0.1) is 16.1 Å². The van der Waals surface area contributed by atoms with Gasteiger partial charge in [0, 0.05) is 0 Å². The number of nitrogens with two attached hydrogens (primary N) is 1. The molecule has 1 aromatic rings. The van der Waals surface area contributed by atoms with Gasteiger partial charge < -0.3 is 10.5 Å². The predicted molar refractivity (Wildman–Crippen MR) is 70.2 cm³/mol. The molecule has 2 nitrogen and oxygen atoms in total. The first-order valence-corrected chi connectivity index (χ1v) is 6.16. The maximum Gasteiger partial charge on any atom is 0.137 e. The van der Waals surface area contributed by atoms with Crippen LogP contribution >= 0.6 is 28.1 Å². The van der Waals surface area contributed by atoms with Gasteiger partial charge in [-0.1, -0.05) is 12.2 Å². The molecule has 0 aliphatic rings. The Morgan fingerprint density at radius 1 is 1.44 bits per heavy atom. The summed E-state index contributed by atoms with van der Waals surface area (Å²) in [4.78, 5) is 0.532. The van der Waals surface area contributed by atoms with E-state index >= 15 is 0 Å². The Morgan fingerprint density at radius 3 is 2.81 bits per heavy atom. The fourth-order valence-electron chi connectivity index (χ4n) is 1.16. The SMILES string of the molecule is NC(=S)CCCCOc1ccc(F)c(Br)c1. The Balaban J connectivity index is 2.27. The summed E-state index contributed by atoms with van der Waals surface area (Å²) in [7, 11) is 0. The fraction of sp³-hybridized carbons (Fsp3) is 0.364. The highest BCUT2D eigenvalue weighted by atomic mass is 79.9. The highest BCUT2D eigenvalue weighted by Gasteiger charge is 2.01. The van der Waals surface area contributed by atoms with E-state index in [-0.39, 0.29) is 5.82 Å². The van der Waals surface area contributed by atoms with Gasteiger partial charge in [-0.15, -0.1) is 0 Å². The van der Waals surface area contributed by atoms with Crippen molar-refractivity contribution >= 4 is 33.1 Å². The minimum Gasteiger partial charge on any atom is -0.494 e. The molecule has 0 spiro atoms. The summed E-state index contributed by atoms with van der Waals surface area (Å²) in [5, 5.41) is 0. The molecule has 0 fully saturated rings. The standard InChI is InChI=1S/C11H13BrFNOS/c12-9-7-8(4-5-10(9)13)15-6-2-1-3-11(14)16/h4-5,7H,1-3,6H2,(H2,14,16). The van der Waals surface area contributed by atoms with Crippen molar-refractivity contribution in [2.24, 2.45) is 5.73 Å². The number of halogens is 2. The van der Waals surface area contributed by atoms with Gasteiger partial charge in [-0.2, -0.15) is 0 Å². The van der Waals surface area contributed by atoms with E-state index in [4.69, 9.17) is 22.7 Å². The van der Waals surface area contributed by atoms with Crippen LogP contribution in [0, 0.1) is 5.82 Å². The lowest BCUT2D eigenvalue weighted by molar-refractivity contribution is 0.307. The zero-order valence-electron chi connectivity index (χ0n) is 8.71. The summed E-state index contributed by atoms with van der Waals surface area (Å²) in [5.74, 6) is 0.365. The lowest BCUT2D eigenvalue weighted by atomic mass is 10.2. The number of ether oxygens (including phenoxy) is 1. The Bertz CT molecular complexity index is 373. The van der Waals surface area contributed by atoms with Crippen molar-refractivity contribution in [3.05, 3.63) is 28.5 Å². The van der Waals surface area contributed by atoms with Gasteiger partial charge in [0.1, 0.15) is 11.6 Å². The lowest BCUT2D eigenvalue weighted by Crippen LogP contribution is -2.08. The first-order valence-electron chi connectivity index (χ1n) is 4.96. The molecule has 0 aromatic heterocycles. The summed E-state index contributed by atoms with van der Waals surface area (Å²) in [6.07, 6.45) is 2.54. The molecule has 0 saturated heterocycles. The third kappa shape index (κ3) is 4.90. The molecule has 88 valence electrons. The van der Waals surface area contributed by atoms with Crippen LogP contribution < -0.4 is 10.5 Å². The smallest absolute Gasteiger partial charge is 0.137 e. The topological polar surface area (TPSA) is 35.2 Å². The maximum absolute atomic E-state index is 12.9. The normalized spacial score (nSPS) is 10.1. The molecular formula is C11H13BrFNOS. The van der Waals surface area contributed by atoms with Crippen LogP contribution in [-0.4, -0.2) is 11.6 Å². The van der Waals surface area contributed by atoms with Gasteiger partial charge in [-0.3, -0.25) is 0 Å². The van der Waals surface area contributed by atoms with Crippen LogP contribution in [0.5, 0.6) is 5.75 Å². The Labute approximate surface area is 108 Å². The molecule has 5 heteroatoms. The molecule has 0 atom stereocenters. The minimum absolute atomic E-state index is 0.291. The van der Waals surface area contributed by atoms with Gasteiger partial charge in [-0.05, 0) is 53.4 Å². The minimum atomic E-state index is -0.291. The predicted octanol–water partition coefficient (Wildman–Crippen LogP) is 3.42. The van der Waals surface area contributed by atoms with Crippen molar-refractivity contribution in [3.8, 4) is 5.75 Å². The van der Waals surface area contributed by atoms with Crippen molar-refractivity contribution in [1.29, 1.82) is 0 Å². The summed E-state index contributed by atoms with van der Waals surface area (Å²) in [6, 6.07) is 4.59. The van der Waals surface area contributed by atoms with Crippen molar-refractivity contribution in [2.75, 3.05) is 6.61 Å². The largest absolute Gasteiger partial charge is 0.494 e. The van der Waals surface area contributed by atoms with Crippen LogP contribution in [0.25, 0.3) is 0 Å². The van der Waals surface area contributed by atoms with Gasteiger partial charge in [0.15, 0.2) is 0 Å². The third-order valence-corrected chi connectivity index (χ3v) is 2.79. The summed E-state index contributed by atoms with van der Waals surface area (Å²) >= 11 is 7.86. The number of benzene rings is 1. The first kappa shape index (κ1) is 13.4. The summed E-state index contributed by atoms with van der Waals surface area (Å²) < 4.78 is 18.8. The molecule has 0 heterocycles.